The van der Waals surface area contributed by atoms with Gasteiger partial charge in [0.25, 0.3) is 0 Å². The molecule has 11 heteroatoms. The lowest BCUT2D eigenvalue weighted by atomic mass is 10.1. The molecule has 1 unspecified atom stereocenters. The first-order valence-corrected chi connectivity index (χ1v) is 15.1. The molecule has 1 saturated heterocycles. The average molecular weight is 620 g/mol. The second-order valence-corrected chi connectivity index (χ2v) is 12.5. The number of hydrogen-bond acceptors (Lipinski definition) is 8. The molecule has 44 heavy (non-hydrogen) atoms. The Balaban J connectivity index is 1.15. The highest BCUT2D eigenvalue weighted by Crippen LogP contribution is 2.27. The van der Waals surface area contributed by atoms with E-state index in [-0.39, 0.29) is 18.7 Å². The van der Waals surface area contributed by atoms with Gasteiger partial charge in [0, 0.05) is 42.5 Å². The van der Waals surface area contributed by atoms with E-state index in [9.17, 15) is 9.18 Å². The maximum atomic E-state index is 14.1. The number of nitrogens with zero attached hydrogens (tertiary/aromatic N) is 5. The molecule has 230 valence electrons. The van der Waals surface area contributed by atoms with Crippen LogP contribution in [0.3, 0.4) is 0 Å². The van der Waals surface area contributed by atoms with Gasteiger partial charge in [0.15, 0.2) is 5.82 Å². The van der Waals surface area contributed by atoms with Crippen molar-refractivity contribution in [2.24, 2.45) is 0 Å². The van der Waals surface area contributed by atoms with Crippen molar-refractivity contribution in [1.82, 2.24) is 24.4 Å². The number of hydrogen-bond donors (Lipinski definition) is 0. The van der Waals surface area contributed by atoms with E-state index in [1.165, 1.54) is 6.07 Å². The Morgan fingerprint density at radius 1 is 1.16 bits per heavy atom. The predicted molar refractivity (Wildman–Crippen MR) is 165 cm³/mol. The number of halogens is 2. The largest absolute Gasteiger partial charge is 0.473 e. The molecule has 2 aliphatic heterocycles. The molecule has 2 aromatic carbocycles. The Kier molecular flexibility index (Phi) is 8.66. The van der Waals surface area contributed by atoms with Gasteiger partial charge in [-0.25, -0.2) is 19.2 Å². The zero-order valence-electron chi connectivity index (χ0n) is 25.1. The molecule has 0 N–H and O–H groups in total. The first-order chi connectivity index (χ1) is 21.1. The van der Waals surface area contributed by atoms with E-state index < -0.39 is 11.4 Å². The van der Waals surface area contributed by atoms with Crippen molar-refractivity contribution in [1.29, 1.82) is 0 Å². The Morgan fingerprint density at radius 3 is 2.70 bits per heavy atom. The van der Waals surface area contributed by atoms with Crippen LogP contribution in [-0.2, 0) is 29.2 Å². The molecular formula is C33H35ClFN5O4. The fourth-order valence-corrected chi connectivity index (χ4v) is 5.38. The van der Waals surface area contributed by atoms with Crippen LogP contribution in [0.5, 0.6) is 5.88 Å². The molecule has 0 aliphatic carbocycles. The van der Waals surface area contributed by atoms with Crippen molar-refractivity contribution < 1.29 is 23.4 Å². The van der Waals surface area contributed by atoms with Crippen LogP contribution in [0.25, 0.3) is 16.6 Å². The van der Waals surface area contributed by atoms with Gasteiger partial charge in [0.2, 0.25) is 5.88 Å². The predicted octanol–water partition coefficient (Wildman–Crippen LogP) is 6.23. The van der Waals surface area contributed by atoms with E-state index in [1.807, 2.05) is 32.9 Å². The van der Waals surface area contributed by atoms with E-state index in [0.29, 0.717) is 47.5 Å². The molecule has 2 aromatic heterocycles. The zero-order valence-corrected chi connectivity index (χ0v) is 25.8. The number of benzene rings is 2. The summed E-state index contributed by atoms with van der Waals surface area (Å²) in [4.78, 5) is 29.1. The van der Waals surface area contributed by atoms with Crippen molar-refractivity contribution in [2.45, 2.75) is 65.0 Å². The summed E-state index contributed by atoms with van der Waals surface area (Å²) in [6, 6.07) is 11.7. The summed E-state index contributed by atoms with van der Waals surface area (Å²) in [6.07, 6.45) is 5.66. The summed E-state index contributed by atoms with van der Waals surface area (Å²) >= 11 is 5.85. The fraction of sp³-hybridized carbons (Fsp3) is 0.394. The third-order valence-corrected chi connectivity index (χ3v) is 7.84. The van der Waals surface area contributed by atoms with Crippen molar-refractivity contribution in [3.8, 4) is 5.88 Å². The van der Waals surface area contributed by atoms with Gasteiger partial charge < -0.3 is 18.8 Å². The number of fused-ring (bicyclic) bond motifs is 1. The monoisotopic (exact) mass is 619 g/mol. The molecule has 2 aliphatic rings. The molecule has 1 fully saturated rings. The van der Waals surface area contributed by atoms with E-state index in [0.717, 1.165) is 48.4 Å². The van der Waals surface area contributed by atoms with Crippen molar-refractivity contribution in [3.05, 3.63) is 88.4 Å². The fourth-order valence-electron chi connectivity index (χ4n) is 5.22. The number of aromatic nitrogens is 4. The van der Waals surface area contributed by atoms with Crippen molar-refractivity contribution in [3.63, 3.8) is 0 Å². The van der Waals surface area contributed by atoms with Gasteiger partial charge in [-0.3, -0.25) is 4.90 Å². The minimum atomic E-state index is -0.575. The van der Waals surface area contributed by atoms with Crippen LogP contribution < -0.4 is 4.74 Å². The van der Waals surface area contributed by atoms with Crippen LogP contribution in [0.1, 0.15) is 61.2 Å². The first kappa shape index (κ1) is 30.2. The first-order valence-electron chi connectivity index (χ1n) is 14.8. The minimum absolute atomic E-state index is 0.0401. The smallest absolute Gasteiger partial charge is 0.338 e. The van der Waals surface area contributed by atoms with Gasteiger partial charge in [0.05, 0.1) is 35.8 Å². The van der Waals surface area contributed by atoms with Crippen molar-refractivity contribution >= 4 is 34.2 Å². The highest BCUT2D eigenvalue weighted by Gasteiger charge is 2.25. The van der Waals surface area contributed by atoms with Crippen LogP contribution in [0.4, 0.5) is 4.39 Å². The van der Waals surface area contributed by atoms with Gasteiger partial charge in [-0.2, -0.15) is 4.98 Å². The standard InChI is InChI=1S/C33H35ClFN5O4/c1-33(2,3)44-32(41)22-5-7-27-28(16-22)40(18-25-11-15-42-25)29(37-27)19-39-13-9-21(10-14-39)31-36-12-8-30(38-31)43-20-23-4-6-24(34)17-26(23)35/h4-9,12,16-17,25H,10-11,13-15,18-20H2,1-3H3. The molecule has 6 rings (SSSR count). The summed E-state index contributed by atoms with van der Waals surface area (Å²) in [5.74, 6) is 1.14. The van der Waals surface area contributed by atoms with Gasteiger partial charge in [-0.15, -0.1) is 0 Å². The average Bonchev–Trinajstić information content (AvgIpc) is 3.30. The van der Waals surface area contributed by atoms with Gasteiger partial charge in [-0.05, 0) is 69.5 Å². The Labute approximate surface area is 260 Å². The lowest BCUT2D eigenvalue weighted by Crippen LogP contribution is -2.33. The third kappa shape index (κ3) is 7.09. The number of rotatable bonds is 9. The highest BCUT2D eigenvalue weighted by molar-refractivity contribution is 6.30. The number of esters is 1. The zero-order chi connectivity index (χ0) is 30.8. The second kappa shape index (κ2) is 12.6. The molecule has 0 spiro atoms. The normalized spacial score (nSPS) is 17.3. The third-order valence-electron chi connectivity index (χ3n) is 7.61. The molecule has 4 heterocycles. The summed E-state index contributed by atoms with van der Waals surface area (Å²) in [5.41, 5.74) is 3.10. The molecule has 0 amide bonds. The van der Waals surface area contributed by atoms with Crippen LogP contribution in [0, 0.1) is 5.82 Å². The number of carbonyl (C=O) groups excluding carboxylic acids is 1. The van der Waals surface area contributed by atoms with Crippen LogP contribution in [-0.4, -0.2) is 61.8 Å². The van der Waals surface area contributed by atoms with E-state index >= 15 is 0 Å². The van der Waals surface area contributed by atoms with Crippen molar-refractivity contribution in [2.75, 3.05) is 19.7 Å². The lowest BCUT2D eigenvalue weighted by Gasteiger charge is -2.29. The minimum Gasteiger partial charge on any atom is -0.473 e. The highest BCUT2D eigenvalue weighted by atomic mass is 35.5. The van der Waals surface area contributed by atoms with Crippen LogP contribution >= 0.6 is 11.6 Å². The number of ether oxygens (including phenoxy) is 3. The van der Waals surface area contributed by atoms with Crippen LogP contribution in [0.2, 0.25) is 5.02 Å². The Morgan fingerprint density at radius 2 is 2.00 bits per heavy atom. The van der Waals surface area contributed by atoms with Crippen LogP contribution in [0.15, 0.2) is 54.7 Å². The van der Waals surface area contributed by atoms with E-state index in [2.05, 4.69) is 25.5 Å². The topological polar surface area (TPSA) is 91.6 Å². The quantitative estimate of drug-likeness (QED) is 0.204. The summed E-state index contributed by atoms with van der Waals surface area (Å²) in [7, 11) is 0. The van der Waals surface area contributed by atoms with Gasteiger partial charge in [0.1, 0.15) is 23.8 Å². The molecule has 0 radical (unpaired) electrons. The molecule has 0 bridgehead atoms. The lowest BCUT2D eigenvalue weighted by molar-refractivity contribution is -0.0591. The van der Waals surface area contributed by atoms with E-state index in [1.54, 1.807) is 30.5 Å². The summed E-state index contributed by atoms with van der Waals surface area (Å²) in [5, 5.41) is 0.339. The SMILES string of the molecule is CC(C)(C)OC(=O)c1ccc2nc(CN3CC=C(c4nccc(OCc5ccc(Cl)cc5F)n4)CC3)n(CC3CCO3)c2c1. The molecule has 0 saturated carbocycles. The number of carbonyl (C=O) groups is 1. The molecule has 9 nitrogen and oxygen atoms in total. The van der Waals surface area contributed by atoms with Gasteiger partial charge >= 0.3 is 5.97 Å². The van der Waals surface area contributed by atoms with Gasteiger partial charge in [-0.1, -0.05) is 23.7 Å². The molecule has 4 aromatic rings. The maximum Gasteiger partial charge on any atom is 0.338 e. The molecular weight excluding hydrogens is 585 g/mol. The Bertz CT molecular complexity index is 1710. The Hall–Kier alpha value is -3.86. The molecule has 1 atom stereocenters. The second-order valence-electron chi connectivity index (χ2n) is 12.1. The van der Waals surface area contributed by atoms with E-state index in [4.69, 9.17) is 30.8 Å². The number of imidazole rings is 1. The summed E-state index contributed by atoms with van der Waals surface area (Å²) < 4.78 is 33.4. The maximum absolute atomic E-state index is 14.1. The summed E-state index contributed by atoms with van der Waals surface area (Å²) in [6.45, 7) is 9.21.